The van der Waals surface area contributed by atoms with Crippen molar-refractivity contribution < 1.29 is 14.3 Å². The van der Waals surface area contributed by atoms with Gasteiger partial charge in [-0.25, -0.2) is 9.59 Å². The van der Waals surface area contributed by atoms with Gasteiger partial charge in [-0.15, -0.1) is 0 Å². The van der Waals surface area contributed by atoms with Crippen LogP contribution >= 0.6 is 0 Å². The Bertz CT molecular complexity index is 696. The Kier molecular flexibility index (Phi) is 2.88. The average molecular weight is 264 g/mol. The quantitative estimate of drug-likeness (QED) is 0.907. The van der Waals surface area contributed by atoms with Crippen molar-refractivity contribution in [1.82, 2.24) is 4.57 Å². The molecule has 2 rings (SSSR count). The second-order valence-electron chi connectivity index (χ2n) is 5.00. The van der Waals surface area contributed by atoms with Gasteiger partial charge in [-0.05, 0) is 26.0 Å². The number of aliphatic carboxylic acids is 1. The molecule has 1 heterocycles. The van der Waals surface area contributed by atoms with Gasteiger partial charge in [0.05, 0.1) is 5.52 Å². The Hall–Kier alpha value is -2.24. The van der Waals surface area contributed by atoms with E-state index < -0.39 is 17.3 Å². The number of rotatable bonds is 3. The Morgan fingerprint density at radius 2 is 2.05 bits per heavy atom. The molecule has 0 spiro atoms. The second-order valence-corrected chi connectivity index (χ2v) is 5.00. The number of likely N-dealkylation sites (N-methyl/N-ethyl adjacent to an activating group) is 1. The molecule has 1 aromatic carbocycles. The van der Waals surface area contributed by atoms with Crippen LogP contribution in [0.25, 0.3) is 11.1 Å². The number of anilines is 1. The minimum Gasteiger partial charge on any atom is -0.480 e. The molecule has 1 N–H and O–H groups in total. The average Bonchev–Trinajstić information content (AvgIpc) is 2.63. The molecule has 2 aromatic rings. The number of hydrogen-bond donors (Lipinski definition) is 1. The molecule has 6 nitrogen and oxygen atoms in total. The normalized spacial score (nSPS) is 11.8. The monoisotopic (exact) mass is 264 g/mol. The summed E-state index contributed by atoms with van der Waals surface area (Å²) in [5.41, 5.74) is 0.741. The molecule has 0 fully saturated rings. The fourth-order valence-corrected chi connectivity index (χ4v) is 1.80. The number of fused-ring (bicyclic) bond motifs is 1. The lowest BCUT2D eigenvalue weighted by Gasteiger charge is -2.33. The SMILES string of the molecule is CN(c1ccc2c(c1)oc(=O)n2C)C(C)(C)C(=O)O. The van der Waals surface area contributed by atoms with Gasteiger partial charge in [0.2, 0.25) is 0 Å². The molecule has 0 aliphatic carbocycles. The summed E-state index contributed by atoms with van der Waals surface area (Å²) >= 11 is 0. The van der Waals surface area contributed by atoms with Crippen molar-refractivity contribution in [2.24, 2.45) is 7.05 Å². The maximum Gasteiger partial charge on any atom is 0.419 e. The molecule has 102 valence electrons. The van der Waals surface area contributed by atoms with Crippen molar-refractivity contribution in [3.63, 3.8) is 0 Å². The van der Waals surface area contributed by atoms with Gasteiger partial charge in [0.15, 0.2) is 5.58 Å². The van der Waals surface area contributed by atoms with Crippen molar-refractivity contribution in [3.8, 4) is 0 Å². The highest BCUT2D eigenvalue weighted by Gasteiger charge is 2.32. The van der Waals surface area contributed by atoms with Crippen LogP contribution in [0.4, 0.5) is 5.69 Å². The third kappa shape index (κ3) is 1.99. The highest BCUT2D eigenvalue weighted by Crippen LogP contribution is 2.26. The zero-order valence-electron chi connectivity index (χ0n) is 11.3. The highest BCUT2D eigenvalue weighted by molar-refractivity contribution is 5.84. The first-order chi connectivity index (χ1) is 8.75. The van der Waals surface area contributed by atoms with Gasteiger partial charge in [0, 0.05) is 25.8 Å². The van der Waals surface area contributed by atoms with E-state index in [2.05, 4.69) is 0 Å². The molecule has 0 unspecified atom stereocenters. The third-order valence-corrected chi connectivity index (χ3v) is 3.53. The predicted molar refractivity (Wildman–Crippen MR) is 71.6 cm³/mol. The van der Waals surface area contributed by atoms with Crippen molar-refractivity contribution >= 4 is 22.8 Å². The van der Waals surface area contributed by atoms with Crippen molar-refractivity contribution in [2.75, 3.05) is 11.9 Å². The van der Waals surface area contributed by atoms with E-state index in [1.165, 1.54) is 4.57 Å². The summed E-state index contributed by atoms with van der Waals surface area (Å²) < 4.78 is 6.50. The Balaban J connectivity index is 2.53. The van der Waals surface area contributed by atoms with Crippen LogP contribution in [0.2, 0.25) is 0 Å². The van der Waals surface area contributed by atoms with Gasteiger partial charge in [-0.1, -0.05) is 0 Å². The van der Waals surface area contributed by atoms with Crippen LogP contribution in [0.5, 0.6) is 0 Å². The Labute approximate surface area is 109 Å². The van der Waals surface area contributed by atoms with Gasteiger partial charge < -0.3 is 14.4 Å². The first-order valence-electron chi connectivity index (χ1n) is 5.82. The lowest BCUT2D eigenvalue weighted by Crippen LogP contribution is -2.48. The molecule has 0 atom stereocenters. The first-order valence-corrected chi connectivity index (χ1v) is 5.82. The highest BCUT2D eigenvalue weighted by atomic mass is 16.4. The third-order valence-electron chi connectivity index (χ3n) is 3.53. The van der Waals surface area contributed by atoms with E-state index in [0.29, 0.717) is 16.8 Å². The van der Waals surface area contributed by atoms with E-state index in [-0.39, 0.29) is 0 Å². The maximum absolute atomic E-state index is 11.4. The van der Waals surface area contributed by atoms with E-state index >= 15 is 0 Å². The first kappa shape index (κ1) is 13.2. The van der Waals surface area contributed by atoms with Crippen LogP contribution in [0.3, 0.4) is 0 Å². The van der Waals surface area contributed by atoms with Gasteiger partial charge in [0.25, 0.3) is 0 Å². The van der Waals surface area contributed by atoms with Crippen LogP contribution < -0.4 is 10.7 Å². The lowest BCUT2D eigenvalue weighted by molar-refractivity contribution is -0.142. The standard InChI is InChI=1S/C13H16N2O4/c1-13(2,11(16)17)15(4)8-5-6-9-10(7-8)19-12(18)14(9)3/h5-7H,1-4H3,(H,16,17). The zero-order chi connectivity index (χ0) is 14.4. The topological polar surface area (TPSA) is 75.7 Å². The number of nitrogens with zero attached hydrogens (tertiary/aromatic N) is 2. The largest absolute Gasteiger partial charge is 0.480 e. The molecule has 0 aliphatic rings. The molecule has 19 heavy (non-hydrogen) atoms. The second kappa shape index (κ2) is 4.15. The van der Waals surface area contributed by atoms with E-state index in [0.717, 1.165) is 0 Å². The Morgan fingerprint density at radius 1 is 1.42 bits per heavy atom. The number of carbonyl (C=O) groups is 1. The van der Waals surface area contributed by atoms with E-state index in [1.807, 2.05) is 0 Å². The van der Waals surface area contributed by atoms with E-state index in [4.69, 9.17) is 4.42 Å². The number of aromatic nitrogens is 1. The fourth-order valence-electron chi connectivity index (χ4n) is 1.80. The summed E-state index contributed by atoms with van der Waals surface area (Å²) in [6.45, 7) is 3.22. The van der Waals surface area contributed by atoms with Gasteiger partial charge >= 0.3 is 11.7 Å². The summed E-state index contributed by atoms with van der Waals surface area (Å²) in [5.74, 6) is -1.36. The number of aryl methyl sites for hydroxylation is 1. The number of carboxylic acids is 1. The summed E-state index contributed by atoms with van der Waals surface area (Å²) in [5, 5.41) is 9.22. The summed E-state index contributed by atoms with van der Waals surface area (Å²) in [6.07, 6.45) is 0. The van der Waals surface area contributed by atoms with E-state index in [1.54, 1.807) is 51.0 Å². The lowest BCUT2D eigenvalue weighted by atomic mass is 10.0. The number of oxazole rings is 1. The number of carboxylic acid groups (broad SMARTS) is 1. The molecule has 0 radical (unpaired) electrons. The van der Waals surface area contributed by atoms with Gasteiger partial charge in [0.1, 0.15) is 5.54 Å². The van der Waals surface area contributed by atoms with Crippen molar-refractivity contribution in [3.05, 3.63) is 28.7 Å². The van der Waals surface area contributed by atoms with Gasteiger partial charge in [-0.3, -0.25) is 4.57 Å². The van der Waals surface area contributed by atoms with Crippen LogP contribution in [-0.2, 0) is 11.8 Å². The molecule has 0 bridgehead atoms. The summed E-state index contributed by atoms with van der Waals surface area (Å²) in [6, 6.07) is 5.17. The van der Waals surface area contributed by atoms with Gasteiger partial charge in [-0.2, -0.15) is 0 Å². The van der Waals surface area contributed by atoms with Crippen LogP contribution in [0, 0.1) is 0 Å². The molecule has 0 amide bonds. The van der Waals surface area contributed by atoms with Crippen LogP contribution in [0.1, 0.15) is 13.8 Å². The molecule has 0 saturated heterocycles. The predicted octanol–water partition coefficient (Wildman–Crippen LogP) is 1.43. The molecular weight excluding hydrogens is 248 g/mol. The molecule has 6 heteroatoms. The minimum absolute atomic E-state index is 0.438. The zero-order valence-corrected chi connectivity index (χ0v) is 11.3. The number of benzene rings is 1. The maximum atomic E-state index is 11.4. The smallest absolute Gasteiger partial charge is 0.419 e. The minimum atomic E-state index is -1.05. The molecule has 0 aliphatic heterocycles. The van der Waals surface area contributed by atoms with Crippen molar-refractivity contribution in [2.45, 2.75) is 19.4 Å². The van der Waals surface area contributed by atoms with E-state index in [9.17, 15) is 14.7 Å². The number of hydrogen-bond acceptors (Lipinski definition) is 4. The van der Waals surface area contributed by atoms with Crippen LogP contribution in [-0.4, -0.2) is 28.2 Å². The molecular formula is C13H16N2O4. The Morgan fingerprint density at radius 3 is 2.63 bits per heavy atom. The fraction of sp³-hybridized carbons (Fsp3) is 0.385. The summed E-state index contributed by atoms with van der Waals surface area (Å²) in [4.78, 5) is 24.3. The molecule has 1 aromatic heterocycles. The van der Waals surface area contributed by atoms with Crippen molar-refractivity contribution in [1.29, 1.82) is 0 Å². The van der Waals surface area contributed by atoms with Crippen LogP contribution in [0.15, 0.2) is 27.4 Å². The molecule has 0 saturated carbocycles. The summed E-state index contributed by atoms with van der Waals surface area (Å²) in [7, 11) is 3.31.